The van der Waals surface area contributed by atoms with E-state index in [0.29, 0.717) is 18.3 Å². The van der Waals surface area contributed by atoms with Crippen LogP contribution in [0.4, 0.5) is 5.69 Å². The molecule has 96 valence electrons. The van der Waals surface area contributed by atoms with Crippen molar-refractivity contribution in [3.05, 3.63) is 32.8 Å². The molecule has 5 nitrogen and oxygen atoms in total. The molecule has 1 aromatic heterocycles. The number of aryl methyl sites for hydroxylation is 1. The van der Waals surface area contributed by atoms with E-state index in [0.717, 1.165) is 20.4 Å². The van der Waals surface area contributed by atoms with E-state index in [-0.39, 0.29) is 0 Å². The number of nitrogens with one attached hydrogen (secondary N) is 1. The number of hydrogen-bond acceptors (Lipinski definition) is 5. The molecule has 2 rings (SSSR count). The molecule has 1 N–H and O–H groups in total. The van der Waals surface area contributed by atoms with Gasteiger partial charge in [-0.1, -0.05) is 5.16 Å². The van der Waals surface area contributed by atoms with Gasteiger partial charge in [-0.2, -0.15) is 4.98 Å². The fourth-order valence-corrected chi connectivity index (χ4v) is 2.70. The third kappa shape index (κ3) is 3.02. The average Bonchev–Trinajstić information content (AvgIpc) is 2.74. The zero-order valence-corrected chi connectivity index (χ0v) is 13.0. The zero-order chi connectivity index (χ0) is 13.1. The number of rotatable bonds is 4. The van der Waals surface area contributed by atoms with E-state index in [4.69, 9.17) is 9.26 Å². The van der Waals surface area contributed by atoms with Crippen molar-refractivity contribution in [3.63, 3.8) is 0 Å². The molecule has 0 fully saturated rings. The fourth-order valence-electron chi connectivity index (χ4n) is 1.41. The van der Waals surface area contributed by atoms with Crippen molar-refractivity contribution in [3.8, 4) is 5.75 Å². The lowest BCUT2D eigenvalue weighted by Gasteiger charge is -2.10. The maximum atomic E-state index is 5.24. The summed E-state index contributed by atoms with van der Waals surface area (Å²) in [6.45, 7) is 2.25. The van der Waals surface area contributed by atoms with Crippen LogP contribution >= 0.6 is 31.9 Å². The minimum absolute atomic E-state index is 0.487. The third-order valence-corrected chi connectivity index (χ3v) is 3.52. The minimum atomic E-state index is 0.487. The average molecular weight is 377 g/mol. The number of methoxy groups -OCH3 is 1. The Hall–Kier alpha value is -1.08. The third-order valence-electron chi connectivity index (χ3n) is 2.25. The fraction of sp³-hybridized carbons (Fsp3) is 0.273. The smallest absolute Gasteiger partial charge is 0.223 e. The van der Waals surface area contributed by atoms with Crippen molar-refractivity contribution in [2.75, 3.05) is 12.4 Å². The van der Waals surface area contributed by atoms with Crippen LogP contribution in [0.15, 0.2) is 25.6 Å². The van der Waals surface area contributed by atoms with E-state index in [9.17, 15) is 0 Å². The molecule has 0 aliphatic carbocycles. The molecule has 18 heavy (non-hydrogen) atoms. The van der Waals surface area contributed by atoms with Crippen LogP contribution < -0.4 is 10.1 Å². The van der Waals surface area contributed by atoms with Crippen molar-refractivity contribution in [1.82, 2.24) is 10.1 Å². The van der Waals surface area contributed by atoms with Gasteiger partial charge in [-0.05, 0) is 37.9 Å². The van der Waals surface area contributed by atoms with Crippen LogP contribution in [0.3, 0.4) is 0 Å². The van der Waals surface area contributed by atoms with Crippen molar-refractivity contribution in [1.29, 1.82) is 0 Å². The molecule has 1 heterocycles. The maximum absolute atomic E-state index is 5.24. The van der Waals surface area contributed by atoms with Crippen LogP contribution in [0.25, 0.3) is 0 Å². The number of nitrogens with zero attached hydrogens (tertiary/aromatic N) is 2. The van der Waals surface area contributed by atoms with Gasteiger partial charge in [-0.25, -0.2) is 0 Å². The summed E-state index contributed by atoms with van der Waals surface area (Å²) in [6, 6.07) is 3.81. The summed E-state index contributed by atoms with van der Waals surface area (Å²) in [7, 11) is 1.63. The SMILES string of the molecule is COc1cc(NCc2noc(C)n2)c(Br)cc1Br. The Morgan fingerprint density at radius 1 is 1.33 bits per heavy atom. The van der Waals surface area contributed by atoms with Gasteiger partial charge in [0.05, 0.1) is 23.8 Å². The van der Waals surface area contributed by atoms with Gasteiger partial charge in [0.15, 0.2) is 5.82 Å². The van der Waals surface area contributed by atoms with Gasteiger partial charge in [0.1, 0.15) is 5.75 Å². The molecule has 0 saturated carbocycles. The predicted molar refractivity (Wildman–Crippen MR) is 74.8 cm³/mol. The minimum Gasteiger partial charge on any atom is -0.495 e. The number of anilines is 1. The first-order valence-electron chi connectivity index (χ1n) is 5.16. The molecule has 0 aliphatic heterocycles. The van der Waals surface area contributed by atoms with E-state index in [2.05, 4.69) is 47.3 Å². The standard InChI is InChI=1S/C11H11Br2N3O2/c1-6-15-11(16-18-6)5-14-9-4-10(17-2)8(13)3-7(9)12/h3-4,14H,5H2,1-2H3. The summed E-state index contributed by atoms with van der Waals surface area (Å²) >= 11 is 6.90. The van der Waals surface area contributed by atoms with E-state index in [1.807, 2.05) is 12.1 Å². The van der Waals surface area contributed by atoms with Gasteiger partial charge in [0.25, 0.3) is 0 Å². The lowest BCUT2D eigenvalue weighted by Crippen LogP contribution is -2.02. The summed E-state index contributed by atoms with van der Waals surface area (Å²) in [4.78, 5) is 4.12. The molecule has 0 saturated heterocycles. The molecule has 0 atom stereocenters. The van der Waals surface area contributed by atoms with E-state index >= 15 is 0 Å². The first-order valence-corrected chi connectivity index (χ1v) is 6.75. The molecular weight excluding hydrogens is 366 g/mol. The molecule has 1 aromatic carbocycles. The van der Waals surface area contributed by atoms with Crippen molar-refractivity contribution in [2.24, 2.45) is 0 Å². The first kappa shape index (κ1) is 13.4. The summed E-state index contributed by atoms with van der Waals surface area (Å²) in [6.07, 6.45) is 0. The van der Waals surface area contributed by atoms with Crippen LogP contribution in [0.5, 0.6) is 5.75 Å². The van der Waals surface area contributed by atoms with Crippen LogP contribution in [-0.2, 0) is 6.54 Å². The van der Waals surface area contributed by atoms with Gasteiger partial charge in [0, 0.05) is 17.5 Å². The Labute approximate surface area is 121 Å². The Kier molecular flexibility index (Phi) is 4.23. The summed E-state index contributed by atoms with van der Waals surface area (Å²) in [5.74, 6) is 1.92. The number of benzene rings is 1. The van der Waals surface area contributed by atoms with Gasteiger partial charge in [-0.15, -0.1) is 0 Å². The second kappa shape index (κ2) is 5.71. The van der Waals surface area contributed by atoms with Gasteiger partial charge in [-0.3, -0.25) is 0 Å². The number of halogens is 2. The lowest BCUT2D eigenvalue weighted by atomic mass is 10.3. The highest BCUT2D eigenvalue weighted by Crippen LogP contribution is 2.34. The largest absolute Gasteiger partial charge is 0.495 e. The molecule has 2 aromatic rings. The molecule has 0 unspecified atom stereocenters. The van der Waals surface area contributed by atoms with Crippen LogP contribution in [0.2, 0.25) is 0 Å². The first-order chi connectivity index (χ1) is 8.60. The van der Waals surface area contributed by atoms with E-state index in [1.54, 1.807) is 14.0 Å². The topological polar surface area (TPSA) is 60.2 Å². The summed E-state index contributed by atoms with van der Waals surface area (Å²) < 4.78 is 12.0. The second-order valence-corrected chi connectivity index (χ2v) is 5.26. The predicted octanol–water partition coefficient (Wildman–Crippen LogP) is 3.52. The zero-order valence-electron chi connectivity index (χ0n) is 9.83. The Morgan fingerprint density at radius 2 is 2.11 bits per heavy atom. The highest BCUT2D eigenvalue weighted by atomic mass is 79.9. The molecule has 0 radical (unpaired) electrons. The van der Waals surface area contributed by atoms with Crippen LogP contribution in [-0.4, -0.2) is 17.3 Å². The molecule has 0 spiro atoms. The number of aromatic nitrogens is 2. The quantitative estimate of drug-likeness (QED) is 0.884. The maximum Gasteiger partial charge on any atom is 0.223 e. The normalized spacial score (nSPS) is 10.4. The Morgan fingerprint density at radius 3 is 2.72 bits per heavy atom. The van der Waals surface area contributed by atoms with Gasteiger partial charge in [0.2, 0.25) is 5.89 Å². The number of hydrogen-bond donors (Lipinski definition) is 1. The van der Waals surface area contributed by atoms with Crippen LogP contribution in [0.1, 0.15) is 11.7 Å². The van der Waals surface area contributed by atoms with Gasteiger partial charge < -0.3 is 14.6 Å². The molecule has 0 bridgehead atoms. The second-order valence-electron chi connectivity index (χ2n) is 3.55. The molecule has 0 aliphatic rings. The van der Waals surface area contributed by atoms with Gasteiger partial charge >= 0.3 is 0 Å². The van der Waals surface area contributed by atoms with Crippen molar-refractivity contribution < 1.29 is 9.26 Å². The lowest BCUT2D eigenvalue weighted by molar-refractivity contribution is 0.388. The van der Waals surface area contributed by atoms with E-state index in [1.165, 1.54) is 0 Å². The van der Waals surface area contributed by atoms with Crippen molar-refractivity contribution in [2.45, 2.75) is 13.5 Å². The Balaban J connectivity index is 2.13. The monoisotopic (exact) mass is 375 g/mol. The highest BCUT2D eigenvalue weighted by molar-refractivity contribution is 9.11. The molecular formula is C11H11Br2N3O2. The summed E-state index contributed by atoms with van der Waals surface area (Å²) in [5.41, 5.74) is 0.900. The number of ether oxygens (including phenoxy) is 1. The van der Waals surface area contributed by atoms with Crippen LogP contribution in [0, 0.1) is 6.92 Å². The molecule has 0 amide bonds. The van der Waals surface area contributed by atoms with E-state index < -0.39 is 0 Å². The highest BCUT2D eigenvalue weighted by Gasteiger charge is 2.08. The summed E-state index contributed by atoms with van der Waals surface area (Å²) in [5, 5.41) is 7.03. The Bertz CT molecular complexity index is 557. The molecule has 7 heteroatoms. The van der Waals surface area contributed by atoms with Crippen molar-refractivity contribution >= 4 is 37.5 Å².